The molecule has 1 saturated heterocycles. The van der Waals surface area contributed by atoms with Gasteiger partial charge in [-0.3, -0.25) is 4.79 Å². The summed E-state index contributed by atoms with van der Waals surface area (Å²) in [5.41, 5.74) is -2.27. The number of nitrogens with one attached hydrogen (secondary N) is 1. The molecule has 0 radical (unpaired) electrons. The van der Waals surface area contributed by atoms with Crippen LogP contribution in [0.5, 0.6) is 0 Å². The van der Waals surface area contributed by atoms with Crippen LogP contribution in [-0.4, -0.2) is 52.2 Å². The number of carbonyl (C=O) groups excluding carboxylic acids is 2. The van der Waals surface area contributed by atoms with Gasteiger partial charge in [0.1, 0.15) is 5.60 Å². The summed E-state index contributed by atoms with van der Waals surface area (Å²) in [6, 6.07) is 0. The SMILES string of the molecule is C#CCC(=O)N1CCC(NC(=O)OC(C)(C)C)(C(=O)O)C1. The van der Waals surface area contributed by atoms with E-state index in [-0.39, 0.29) is 31.8 Å². The van der Waals surface area contributed by atoms with Gasteiger partial charge in [-0.1, -0.05) is 5.92 Å². The van der Waals surface area contributed by atoms with Gasteiger partial charge in [-0.25, -0.2) is 9.59 Å². The van der Waals surface area contributed by atoms with Crippen molar-refractivity contribution in [1.29, 1.82) is 0 Å². The molecule has 7 nitrogen and oxygen atoms in total. The van der Waals surface area contributed by atoms with E-state index in [4.69, 9.17) is 11.2 Å². The second kappa shape index (κ2) is 6.04. The van der Waals surface area contributed by atoms with E-state index in [0.29, 0.717) is 0 Å². The molecule has 0 bridgehead atoms. The molecular formula is C14H20N2O5. The molecule has 1 fully saturated rings. The van der Waals surface area contributed by atoms with Crippen LogP contribution in [0.4, 0.5) is 4.79 Å². The highest BCUT2D eigenvalue weighted by atomic mass is 16.6. The average molecular weight is 296 g/mol. The van der Waals surface area contributed by atoms with Crippen molar-refractivity contribution in [2.45, 2.75) is 44.8 Å². The lowest BCUT2D eigenvalue weighted by molar-refractivity contribution is -0.144. The maximum Gasteiger partial charge on any atom is 0.408 e. The van der Waals surface area contributed by atoms with Crippen LogP contribution >= 0.6 is 0 Å². The van der Waals surface area contributed by atoms with Crippen LogP contribution in [0.1, 0.15) is 33.6 Å². The zero-order valence-corrected chi connectivity index (χ0v) is 12.4. The Kier molecular flexibility index (Phi) is 4.84. The van der Waals surface area contributed by atoms with Gasteiger partial charge in [-0.05, 0) is 20.8 Å². The van der Waals surface area contributed by atoms with Crippen molar-refractivity contribution in [3.63, 3.8) is 0 Å². The number of amides is 2. The maximum absolute atomic E-state index is 11.8. The van der Waals surface area contributed by atoms with Crippen LogP contribution < -0.4 is 5.32 Å². The van der Waals surface area contributed by atoms with Crippen LogP contribution in [0, 0.1) is 12.3 Å². The van der Waals surface area contributed by atoms with Gasteiger partial charge in [0.2, 0.25) is 5.91 Å². The van der Waals surface area contributed by atoms with Crippen LogP contribution in [0.3, 0.4) is 0 Å². The fourth-order valence-corrected chi connectivity index (χ4v) is 2.05. The minimum atomic E-state index is -1.54. The first-order valence-electron chi connectivity index (χ1n) is 6.55. The number of aliphatic carboxylic acids is 1. The molecule has 2 N–H and O–H groups in total. The molecule has 116 valence electrons. The van der Waals surface area contributed by atoms with E-state index in [1.165, 1.54) is 4.90 Å². The predicted molar refractivity (Wildman–Crippen MR) is 74.4 cm³/mol. The van der Waals surface area contributed by atoms with Gasteiger partial charge in [-0.15, -0.1) is 6.42 Å². The van der Waals surface area contributed by atoms with E-state index >= 15 is 0 Å². The third-order valence-corrected chi connectivity index (χ3v) is 3.02. The number of hydrogen-bond donors (Lipinski definition) is 2. The number of carboxylic acids is 1. The number of terminal acetylenes is 1. The number of alkyl carbamates (subject to hydrolysis) is 1. The minimum Gasteiger partial charge on any atom is -0.479 e. The monoisotopic (exact) mass is 296 g/mol. The van der Waals surface area contributed by atoms with Gasteiger partial charge >= 0.3 is 12.1 Å². The Bertz CT molecular complexity index is 489. The molecule has 0 aromatic heterocycles. The highest BCUT2D eigenvalue weighted by Gasteiger charge is 2.48. The van der Waals surface area contributed by atoms with Crippen LogP contribution in [-0.2, 0) is 14.3 Å². The highest BCUT2D eigenvalue weighted by molar-refractivity contribution is 5.87. The summed E-state index contributed by atoms with van der Waals surface area (Å²) in [5.74, 6) is 0.691. The summed E-state index contributed by atoms with van der Waals surface area (Å²) in [6.45, 7) is 5.14. The molecule has 1 heterocycles. The molecule has 2 amide bonds. The number of hydrogen-bond acceptors (Lipinski definition) is 4. The lowest BCUT2D eigenvalue weighted by atomic mass is 9.99. The Morgan fingerprint density at radius 1 is 1.43 bits per heavy atom. The quantitative estimate of drug-likeness (QED) is 0.743. The molecule has 0 spiro atoms. The fraction of sp³-hybridized carbons (Fsp3) is 0.643. The van der Waals surface area contributed by atoms with Gasteiger partial charge < -0.3 is 20.1 Å². The molecule has 0 aromatic carbocycles. The Balaban J connectivity index is 2.79. The lowest BCUT2D eigenvalue weighted by Crippen LogP contribution is -2.57. The second-order valence-corrected chi connectivity index (χ2v) is 5.96. The first-order valence-corrected chi connectivity index (χ1v) is 6.55. The number of carbonyl (C=O) groups is 3. The first-order chi connectivity index (χ1) is 9.59. The zero-order chi connectivity index (χ0) is 16.3. The van der Waals surface area contributed by atoms with E-state index in [1.54, 1.807) is 20.8 Å². The average Bonchev–Trinajstić information content (AvgIpc) is 2.72. The molecule has 1 aliphatic heterocycles. The normalized spacial score (nSPS) is 21.5. The molecule has 1 aliphatic rings. The van der Waals surface area contributed by atoms with E-state index in [0.717, 1.165) is 0 Å². The number of likely N-dealkylation sites (tertiary alicyclic amines) is 1. The van der Waals surface area contributed by atoms with E-state index < -0.39 is 23.2 Å². The molecule has 1 unspecified atom stereocenters. The molecule has 1 atom stereocenters. The fourth-order valence-electron chi connectivity index (χ4n) is 2.05. The summed E-state index contributed by atoms with van der Waals surface area (Å²) in [7, 11) is 0. The minimum absolute atomic E-state index is 0.0951. The highest BCUT2D eigenvalue weighted by Crippen LogP contribution is 2.23. The summed E-state index contributed by atoms with van der Waals surface area (Å²) < 4.78 is 5.07. The van der Waals surface area contributed by atoms with Crippen molar-refractivity contribution in [2.75, 3.05) is 13.1 Å². The number of rotatable bonds is 3. The Labute approximate surface area is 123 Å². The molecule has 0 aliphatic carbocycles. The molecule has 21 heavy (non-hydrogen) atoms. The van der Waals surface area contributed by atoms with Crippen molar-refractivity contribution < 1.29 is 24.2 Å². The van der Waals surface area contributed by atoms with Crippen molar-refractivity contribution in [2.24, 2.45) is 0 Å². The van der Waals surface area contributed by atoms with Crippen molar-refractivity contribution >= 4 is 18.0 Å². The van der Waals surface area contributed by atoms with Gasteiger partial charge in [0.15, 0.2) is 5.54 Å². The van der Waals surface area contributed by atoms with Crippen LogP contribution in [0.2, 0.25) is 0 Å². The Morgan fingerprint density at radius 3 is 2.52 bits per heavy atom. The smallest absolute Gasteiger partial charge is 0.408 e. The Morgan fingerprint density at radius 2 is 2.05 bits per heavy atom. The van der Waals surface area contributed by atoms with Gasteiger partial charge in [-0.2, -0.15) is 0 Å². The first kappa shape index (κ1) is 16.8. The van der Waals surface area contributed by atoms with Gasteiger partial charge in [0, 0.05) is 13.0 Å². The van der Waals surface area contributed by atoms with Crippen molar-refractivity contribution in [1.82, 2.24) is 10.2 Å². The van der Waals surface area contributed by atoms with Crippen molar-refractivity contribution in [3.8, 4) is 12.3 Å². The molecule has 1 rings (SSSR count). The Hall–Kier alpha value is -2.23. The molecular weight excluding hydrogens is 276 g/mol. The van der Waals surface area contributed by atoms with Gasteiger partial charge in [0.05, 0.1) is 13.0 Å². The third-order valence-electron chi connectivity index (χ3n) is 3.02. The molecule has 7 heteroatoms. The number of nitrogens with zero attached hydrogens (tertiary/aromatic N) is 1. The van der Waals surface area contributed by atoms with Crippen LogP contribution in [0.25, 0.3) is 0 Å². The van der Waals surface area contributed by atoms with Crippen molar-refractivity contribution in [3.05, 3.63) is 0 Å². The van der Waals surface area contributed by atoms with Gasteiger partial charge in [0.25, 0.3) is 0 Å². The summed E-state index contributed by atoms with van der Waals surface area (Å²) >= 11 is 0. The van der Waals surface area contributed by atoms with E-state index in [2.05, 4.69) is 11.2 Å². The summed E-state index contributed by atoms with van der Waals surface area (Å²) in [5, 5.41) is 11.8. The maximum atomic E-state index is 11.8. The van der Waals surface area contributed by atoms with E-state index in [1.807, 2.05) is 0 Å². The molecule has 0 saturated carbocycles. The number of carboxylic acid groups (broad SMARTS) is 1. The largest absolute Gasteiger partial charge is 0.479 e. The summed E-state index contributed by atoms with van der Waals surface area (Å²) in [6.07, 6.45) is 4.26. The standard InChI is InChI=1S/C14H20N2O5/c1-5-6-10(17)16-8-7-14(9-16,11(18)19)15-12(20)21-13(2,3)4/h1H,6-9H2,2-4H3,(H,15,20)(H,18,19). The lowest BCUT2D eigenvalue weighted by Gasteiger charge is -2.28. The third kappa shape index (κ3) is 4.38. The van der Waals surface area contributed by atoms with Crippen LogP contribution in [0.15, 0.2) is 0 Å². The second-order valence-electron chi connectivity index (χ2n) is 5.96. The number of ether oxygens (including phenoxy) is 1. The summed E-state index contributed by atoms with van der Waals surface area (Å²) in [4.78, 5) is 36.4. The topological polar surface area (TPSA) is 95.9 Å². The van der Waals surface area contributed by atoms with E-state index in [9.17, 15) is 19.5 Å². The molecule has 0 aromatic rings. The predicted octanol–water partition coefficient (Wildman–Crippen LogP) is 0.590. The zero-order valence-electron chi connectivity index (χ0n) is 12.4.